The van der Waals surface area contributed by atoms with Crippen molar-refractivity contribution in [2.75, 3.05) is 33.0 Å². The predicted octanol–water partition coefficient (Wildman–Crippen LogP) is -8.26. The maximum atomic E-state index is 13.8. The topological polar surface area (TPSA) is 439 Å². The smallest absolute Gasteiger partial charge is 0.726 e. The van der Waals surface area contributed by atoms with Crippen LogP contribution in [0.1, 0.15) is 83.0 Å². The normalized spacial score (nSPS) is 34.7. The molecule has 4 fully saturated rings. The van der Waals surface area contributed by atoms with Gasteiger partial charge in [-0.05, 0) is 31.0 Å². The second kappa shape index (κ2) is 32.5. The Hall–Kier alpha value is -3.31. The number of amides is 4. The SMILES string of the molecule is CCCCCCC#CCCCOc1cccc(C(=O)N[C@@H]2C(O[C@H]3C(O)C(NC(C)=O)C(O[C@@H]4C(CO)O[C@@H](O[C@H]5C(O)C(NC(C)=O)C(O)O[C@H]5COS(=O)(=O)[O-])[C@@H](NC(C)=O)C4O)O[C@H]3CO)OC(CO)[C@@H](O)[C@@H]2O)c1.[Na+]. The van der Waals surface area contributed by atoms with Crippen LogP contribution in [0, 0.1) is 11.8 Å². The van der Waals surface area contributed by atoms with E-state index < -0.39 is 183 Å². The fraction of sp³-hybridized carbons (Fsp3) is 0.750. The molecule has 442 valence electrons. The van der Waals surface area contributed by atoms with Gasteiger partial charge in [-0.25, -0.2) is 8.42 Å². The number of hydrogen-bond donors (Lipinski definition) is 13. The Morgan fingerprint density at radius 3 is 1.57 bits per heavy atom. The summed E-state index contributed by atoms with van der Waals surface area (Å²) in [4.78, 5) is 51.1. The molecule has 0 spiro atoms. The third-order valence-corrected chi connectivity index (χ3v) is 13.5. The maximum Gasteiger partial charge on any atom is 1.00 e. The van der Waals surface area contributed by atoms with Gasteiger partial charge in [-0.15, -0.1) is 11.8 Å². The molecule has 5 rings (SSSR count). The number of rotatable bonds is 25. The first-order valence-corrected chi connectivity index (χ1v) is 26.8. The molecule has 4 amide bonds. The quantitative estimate of drug-likeness (QED) is 0.0142. The molecule has 1 aromatic rings. The summed E-state index contributed by atoms with van der Waals surface area (Å²) in [7, 11) is -5.41. The zero-order valence-electron chi connectivity index (χ0n) is 44.3. The first kappa shape index (κ1) is 68.2. The molecule has 10 unspecified atom stereocenters. The average Bonchev–Trinajstić information content (AvgIpc) is 3.47. The molecule has 13 N–H and O–H groups in total. The van der Waals surface area contributed by atoms with Gasteiger partial charge in [0.25, 0.3) is 5.91 Å². The fourth-order valence-corrected chi connectivity index (χ4v) is 9.50. The number of aliphatic hydroxyl groups is 9. The van der Waals surface area contributed by atoms with Gasteiger partial charge in [-0.3, -0.25) is 23.4 Å². The number of carbonyl (C=O) groups is 4. The summed E-state index contributed by atoms with van der Waals surface area (Å²) in [5.74, 6) is 3.36. The number of hydrogen-bond acceptors (Lipinski definition) is 25. The first-order valence-electron chi connectivity index (χ1n) is 25.4. The van der Waals surface area contributed by atoms with Crippen LogP contribution in [0.3, 0.4) is 0 Å². The number of unbranched alkanes of at least 4 members (excludes halogenated alkanes) is 5. The molecular formula is C48H73N4NaO25S. The van der Waals surface area contributed by atoms with Crippen molar-refractivity contribution >= 4 is 34.0 Å². The van der Waals surface area contributed by atoms with Gasteiger partial charge in [0.15, 0.2) is 25.2 Å². The number of nitrogens with one attached hydrogen (secondary N) is 4. The summed E-state index contributed by atoms with van der Waals surface area (Å²) >= 11 is 0. The van der Waals surface area contributed by atoms with Crippen molar-refractivity contribution in [1.82, 2.24) is 21.3 Å². The van der Waals surface area contributed by atoms with Gasteiger partial charge in [0, 0.05) is 39.2 Å². The van der Waals surface area contributed by atoms with Crippen LogP contribution in [-0.2, 0) is 62.1 Å². The maximum absolute atomic E-state index is 13.8. The van der Waals surface area contributed by atoms with Gasteiger partial charge in [-0.2, -0.15) is 0 Å². The molecule has 4 aliphatic heterocycles. The molecular weight excluding hydrogens is 1090 g/mol. The minimum atomic E-state index is -5.41. The molecule has 31 heteroatoms. The third-order valence-electron chi connectivity index (χ3n) is 13.0. The largest absolute Gasteiger partial charge is 1.00 e. The minimum absolute atomic E-state index is 0. The molecule has 4 saturated heterocycles. The summed E-state index contributed by atoms with van der Waals surface area (Å²) in [6, 6.07) is -0.788. The zero-order valence-corrected chi connectivity index (χ0v) is 47.1. The summed E-state index contributed by atoms with van der Waals surface area (Å²) in [5.41, 5.74) is 0.0426. The van der Waals surface area contributed by atoms with Crippen molar-refractivity contribution in [1.29, 1.82) is 0 Å². The van der Waals surface area contributed by atoms with Gasteiger partial charge in [-0.1, -0.05) is 32.3 Å². The van der Waals surface area contributed by atoms with Gasteiger partial charge in [0.05, 0.1) is 33.0 Å². The molecule has 0 bridgehead atoms. The monoisotopic (exact) mass is 1160 g/mol. The van der Waals surface area contributed by atoms with E-state index in [1.165, 1.54) is 18.6 Å². The van der Waals surface area contributed by atoms with E-state index in [2.05, 4.69) is 44.2 Å². The van der Waals surface area contributed by atoms with E-state index in [-0.39, 0.29) is 35.1 Å². The molecule has 20 atom stereocenters. The molecule has 4 heterocycles. The van der Waals surface area contributed by atoms with Gasteiger partial charge >= 0.3 is 29.6 Å². The summed E-state index contributed by atoms with van der Waals surface area (Å²) in [5, 5.41) is 109. The second-order valence-corrected chi connectivity index (χ2v) is 20.1. The van der Waals surface area contributed by atoms with E-state index in [1.54, 1.807) is 12.1 Å². The molecule has 79 heavy (non-hydrogen) atoms. The van der Waals surface area contributed by atoms with Crippen LogP contribution < -0.4 is 55.6 Å². The van der Waals surface area contributed by atoms with Crippen LogP contribution in [0.25, 0.3) is 0 Å². The summed E-state index contributed by atoms with van der Waals surface area (Å²) < 4.78 is 85.6. The summed E-state index contributed by atoms with van der Waals surface area (Å²) in [6.45, 7) is 1.41. The van der Waals surface area contributed by atoms with E-state index in [0.29, 0.717) is 25.2 Å². The standard InChI is InChI=1S/C48H74N4O25S.Na/c1-5-6-7-8-9-10-11-12-13-17-69-27-16-14-15-26(18-27)44(64)52-33-37(60)36(59)28(19-53)72-46(33)75-41-29(20-54)73-47(34(39(41)62)50-24(3)57)76-42-30(21-55)74-48(35(40(42)63)51-25(4)58)77-43-31(22-70-78(66,67)68)71-45(65)32(38(43)61)49-23(2)56;/h14-16,18,28-43,45-48,53-55,59-63,65H,5-9,12-13,17,19-22H2,1-4H3,(H,49,56)(H,50,57)(H,51,58)(H,52,64)(H,66,67,68);/q;+1/p-1/t28?,29-,30?,31-,32?,33-,34?,35-,36+,37+,38?,39?,40?,41+,42+,43+,45?,46?,47?,48-;/m0./s1. The van der Waals surface area contributed by atoms with E-state index in [0.717, 1.165) is 46.5 Å². The van der Waals surface area contributed by atoms with Crippen LogP contribution in [0.2, 0.25) is 0 Å². The van der Waals surface area contributed by atoms with Gasteiger partial charge in [0.2, 0.25) is 28.1 Å². The van der Waals surface area contributed by atoms with E-state index in [4.69, 9.17) is 37.9 Å². The van der Waals surface area contributed by atoms with Gasteiger partial charge in [0.1, 0.15) is 103 Å². The molecule has 0 saturated carbocycles. The van der Waals surface area contributed by atoms with Crippen molar-refractivity contribution in [2.24, 2.45) is 0 Å². The minimum Gasteiger partial charge on any atom is -0.726 e. The van der Waals surface area contributed by atoms with Crippen molar-refractivity contribution in [2.45, 2.75) is 195 Å². The van der Waals surface area contributed by atoms with Crippen molar-refractivity contribution in [3.63, 3.8) is 0 Å². The fourth-order valence-electron chi connectivity index (χ4n) is 9.20. The van der Waals surface area contributed by atoms with Gasteiger partial charge < -0.3 is 110 Å². The predicted molar refractivity (Wildman–Crippen MR) is 260 cm³/mol. The Kier molecular flexibility index (Phi) is 28.1. The van der Waals surface area contributed by atoms with Crippen LogP contribution >= 0.6 is 0 Å². The second-order valence-electron chi connectivity index (χ2n) is 19.0. The number of ether oxygens (including phenoxy) is 8. The molecule has 4 aliphatic rings. The number of carbonyl (C=O) groups excluding carboxylic acids is 4. The Bertz CT molecular complexity index is 2280. The van der Waals surface area contributed by atoms with Crippen LogP contribution in [0.15, 0.2) is 24.3 Å². The zero-order chi connectivity index (χ0) is 57.4. The Morgan fingerprint density at radius 2 is 1.08 bits per heavy atom. The van der Waals surface area contributed by atoms with Crippen LogP contribution in [-0.4, -0.2) is 238 Å². The molecule has 1 aromatic carbocycles. The third kappa shape index (κ3) is 19.4. The molecule has 0 radical (unpaired) electrons. The Balaban J connectivity index is 0.0000134. The molecule has 0 aliphatic carbocycles. The van der Waals surface area contributed by atoms with Crippen LogP contribution in [0.4, 0.5) is 0 Å². The first-order chi connectivity index (χ1) is 37.0. The Morgan fingerprint density at radius 1 is 0.608 bits per heavy atom. The Labute approximate surface area is 478 Å². The number of aliphatic hydroxyl groups excluding tert-OH is 9. The van der Waals surface area contributed by atoms with E-state index >= 15 is 0 Å². The molecule has 0 aromatic heterocycles. The van der Waals surface area contributed by atoms with E-state index in [9.17, 15) is 78.1 Å². The van der Waals surface area contributed by atoms with Crippen LogP contribution in [0.5, 0.6) is 5.75 Å². The van der Waals surface area contributed by atoms with Crippen molar-refractivity contribution < 1.29 is 150 Å². The van der Waals surface area contributed by atoms with Crippen molar-refractivity contribution in [3.05, 3.63) is 29.8 Å². The van der Waals surface area contributed by atoms with Crippen molar-refractivity contribution in [3.8, 4) is 17.6 Å². The average molecular weight is 1160 g/mol. The molecule has 29 nitrogen and oxygen atoms in total. The number of benzene rings is 1. The summed E-state index contributed by atoms with van der Waals surface area (Å²) in [6.07, 6.45) is -23.2. The van der Waals surface area contributed by atoms with E-state index in [1.807, 2.05) is 0 Å².